The molecule has 1 aromatic carbocycles. The Morgan fingerprint density at radius 2 is 2.00 bits per heavy atom. The summed E-state index contributed by atoms with van der Waals surface area (Å²) in [6, 6.07) is 6.83. The fraction of sp³-hybridized carbons (Fsp3) is 0.364. The standard InChI is InChI=1S/C11H14O4/c1-8(11(13)14)9-2-4-10(5-3-9)15-7-6-12/h2-5,8,12H,6-7H2,1H3,(H,13,14)/t8-/m0/s1. The Balaban J connectivity index is 2.67. The second-order valence-electron chi connectivity index (χ2n) is 3.20. The highest BCUT2D eigenvalue weighted by molar-refractivity contribution is 5.75. The van der Waals surface area contributed by atoms with Gasteiger partial charge in [-0.3, -0.25) is 4.79 Å². The van der Waals surface area contributed by atoms with Crippen LogP contribution in [0.2, 0.25) is 0 Å². The summed E-state index contributed by atoms with van der Waals surface area (Å²) in [6.07, 6.45) is 0. The van der Waals surface area contributed by atoms with E-state index in [1.54, 1.807) is 31.2 Å². The number of hydrogen-bond donors (Lipinski definition) is 2. The van der Waals surface area contributed by atoms with Crippen molar-refractivity contribution in [2.75, 3.05) is 13.2 Å². The maximum Gasteiger partial charge on any atom is 0.310 e. The lowest BCUT2D eigenvalue weighted by Gasteiger charge is -2.08. The zero-order valence-electron chi connectivity index (χ0n) is 8.51. The van der Waals surface area contributed by atoms with Crippen molar-refractivity contribution in [1.29, 1.82) is 0 Å². The van der Waals surface area contributed by atoms with Gasteiger partial charge < -0.3 is 14.9 Å². The molecule has 0 heterocycles. The molecule has 0 radical (unpaired) electrons. The van der Waals surface area contributed by atoms with Gasteiger partial charge in [-0.15, -0.1) is 0 Å². The van der Waals surface area contributed by atoms with E-state index in [9.17, 15) is 4.79 Å². The molecule has 15 heavy (non-hydrogen) atoms. The molecule has 0 fully saturated rings. The Hall–Kier alpha value is -1.55. The molecular formula is C11H14O4. The largest absolute Gasteiger partial charge is 0.491 e. The molecule has 4 heteroatoms. The fourth-order valence-corrected chi connectivity index (χ4v) is 1.16. The molecule has 0 aliphatic heterocycles. The molecule has 0 aliphatic rings. The quantitative estimate of drug-likeness (QED) is 0.767. The van der Waals surface area contributed by atoms with Gasteiger partial charge in [-0.05, 0) is 24.6 Å². The SMILES string of the molecule is C[C@H](C(=O)O)c1ccc(OCCO)cc1. The highest BCUT2D eigenvalue weighted by Crippen LogP contribution is 2.19. The van der Waals surface area contributed by atoms with Gasteiger partial charge in [0.2, 0.25) is 0 Å². The number of ether oxygens (including phenoxy) is 1. The van der Waals surface area contributed by atoms with Crippen molar-refractivity contribution in [3.8, 4) is 5.75 Å². The van der Waals surface area contributed by atoms with E-state index in [1.165, 1.54) is 0 Å². The van der Waals surface area contributed by atoms with Gasteiger partial charge in [0, 0.05) is 0 Å². The van der Waals surface area contributed by atoms with Crippen molar-refractivity contribution >= 4 is 5.97 Å². The first kappa shape index (κ1) is 11.5. The zero-order chi connectivity index (χ0) is 11.3. The van der Waals surface area contributed by atoms with Crippen LogP contribution in [-0.4, -0.2) is 29.4 Å². The van der Waals surface area contributed by atoms with Crippen LogP contribution in [0.5, 0.6) is 5.75 Å². The summed E-state index contributed by atoms with van der Waals surface area (Å²) >= 11 is 0. The Kier molecular flexibility index (Phi) is 4.12. The Morgan fingerprint density at radius 3 is 2.47 bits per heavy atom. The fourth-order valence-electron chi connectivity index (χ4n) is 1.16. The van der Waals surface area contributed by atoms with Gasteiger partial charge >= 0.3 is 5.97 Å². The van der Waals surface area contributed by atoms with Gasteiger partial charge in [-0.1, -0.05) is 12.1 Å². The highest BCUT2D eigenvalue weighted by atomic mass is 16.5. The maximum atomic E-state index is 10.7. The third-order valence-corrected chi connectivity index (χ3v) is 2.11. The molecule has 4 nitrogen and oxygen atoms in total. The lowest BCUT2D eigenvalue weighted by atomic mass is 10.0. The van der Waals surface area contributed by atoms with E-state index in [4.69, 9.17) is 14.9 Å². The van der Waals surface area contributed by atoms with Crippen molar-refractivity contribution in [3.05, 3.63) is 29.8 Å². The summed E-state index contributed by atoms with van der Waals surface area (Å²) in [5.41, 5.74) is 0.735. The number of benzene rings is 1. The summed E-state index contributed by atoms with van der Waals surface area (Å²) in [5, 5.41) is 17.3. The summed E-state index contributed by atoms with van der Waals surface area (Å²) in [4.78, 5) is 10.7. The van der Waals surface area contributed by atoms with Crippen molar-refractivity contribution in [1.82, 2.24) is 0 Å². The van der Waals surface area contributed by atoms with Crippen LogP contribution in [0, 0.1) is 0 Å². The van der Waals surface area contributed by atoms with Gasteiger partial charge in [0.15, 0.2) is 0 Å². The predicted octanol–water partition coefficient (Wildman–Crippen LogP) is 1.25. The van der Waals surface area contributed by atoms with Crippen molar-refractivity contribution in [2.45, 2.75) is 12.8 Å². The monoisotopic (exact) mass is 210 g/mol. The van der Waals surface area contributed by atoms with Gasteiger partial charge in [-0.25, -0.2) is 0 Å². The average Bonchev–Trinajstić information content (AvgIpc) is 2.26. The first-order chi connectivity index (χ1) is 7.15. The molecule has 1 aromatic rings. The number of aliphatic carboxylic acids is 1. The second-order valence-corrected chi connectivity index (χ2v) is 3.20. The second kappa shape index (κ2) is 5.36. The van der Waals surface area contributed by atoms with Gasteiger partial charge in [0.05, 0.1) is 12.5 Å². The van der Waals surface area contributed by atoms with Gasteiger partial charge in [0.1, 0.15) is 12.4 Å². The summed E-state index contributed by atoms with van der Waals surface area (Å²) < 4.78 is 5.15. The smallest absolute Gasteiger partial charge is 0.310 e. The molecule has 0 unspecified atom stereocenters. The Bertz CT molecular complexity index is 318. The average molecular weight is 210 g/mol. The molecule has 2 N–H and O–H groups in total. The summed E-state index contributed by atoms with van der Waals surface area (Å²) in [5.74, 6) is -0.735. The Labute approximate surface area is 88.1 Å². The first-order valence-corrected chi connectivity index (χ1v) is 4.71. The van der Waals surface area contributed by atoms with E-state index in [0.29, 0.717) is 5.75 Å². The number of carbonyl (C=O) groups is 1. The minimum Gasteiger partial charge on any atom is -0.491 e. The van der Waals surface area contributed by atoms with Gasteiger partial charge in [-0.2, -0.15) is 0 Å². The number of carboxylic acids is 1. The molecule has 0 bridgehead atoms. The van der Waals surface area contributed by atoms with Crippen molar-refractivity contribution in [2.24, 2.45) is 0 Å². The number of aliphatic hydroxyl groups excluding tert-OH is 1. The Morgan fingerprint density at radius 1 is 1.40 bits per heavy atom. The molecule has 0 spiro atoms. The lowest BCUT2D eigenvalue weighted by molar-refractivity contribution is -0.138. The minimum absolute atomic E-state index is 0.0344. The molecule has 0 aliphatic carbocycles. The number of rotatable bonds is 5. The van der Waals surface area contributed by atoms with Crippen molar-refractivity contribution in [3.63, 3.8) is 0 Å². The first-order valence-electron chi connectivity index (χ1n) is 4.71. The van der Waals surface area contributed by atoms with Gasteiger partial charge in [0.25, 0.3) is 0 Å². The lowest BCUT2D eigenvalue weighted by Crippen LogP contribution is -2.07. The molecule has 0 saturated carbocycles. The molecule has 1 rings (SSSR count). The van der Waals surface area contributed by atoms with Crippen LogP contribution in [0.25, 0.3) is 0 Å². The number of hydrogen-bond acceptors (Lipinski definition) is 3. The van der Waals surface area contributed by atoms with Crippen LogP contribution in [0.15, 0.2) is 24.3 Å². The van der Waals surface area contributed by atoms with Crippen LogP contribution in [0.3, 0.4) is 0 Å². The van der Waals surface area contributed by atoms with Crippen LogP contribution < -0.4 is 4.74 Å². The van der Waals surface area contributed by atoms with E-state index in [2.05, 4.69) is 0 Å². The normalized spacial score (nSPS) is 12.1. The summed E-state index contributed by atoms with van der Waals surface area (Å²) in [7, 11) is 0. The molecule has 82 valence electrons. The third kappa shape index (κ3) is 3.25. The topological polar surface area (TPSA) is 66.8 Å². The highest BCUT2D eigenvalue weighted by Gasteiger charge is 2.12. The van der Waals surface area contributed by atoms with Crippen LogP contribution in [-0.2, 0) is 4.79 Å². The molecular weight excluding hydrogens is 196 g/mol. The van der Waals surface area contributed by atoms with Crippen molar-refractivity contribution < 1.29 is 19.7 Å². The van der Waals surface area contributed by atoms with E-state index in [1.807, 2.05) is 0 Å². The van der Waals surface area contributed by atoms with E-state index in [0.717, 1.165) is 5.56 Å². The molecule has 0 aromatic heterocycles. The maximum absolute atomic E-state index is 10.7. The zero-order valence-corrected chi connectivity index (χ0v) is 8.51. The molecule has 0 amide bonds. The minimum atomic E-state index is -0.848. The summed E-state index contributed by atoms with van der Waals surface area (Å²) in [6.45, 7) is 1.84. The van der Waals surface area contributed by atoms with E-state index >= 15 is 0 Å². The molecule has 1 atom stereocenters. The third-order valence-electron chi connectivity index (χ3n) is 2.11. The van der Waals surface area contributed by atoms with E-state index in [-0.39, 0.29) is 13.2 Å². The number of aliphatic hydroxyl groups is 1. The van der Waals surface area contributed by atoms with Crippen LogP contribution in [0.1, 0.15) is 18.4 Å². The van der Waals surface area contributed by atoms with Crippen LogP contribution >= 0.6 is 0 Å². The number of carboxylic acid groups (broad SMARTS) is 1. The predicted molar refractivity (Wildman–Crippen MR) is 55.1 cm³/mol. The molecule has 0 saturated heterocycles. The van der Waals surface area contributed by atoms with Crippen LogP contribution in [0.4, 0.5) is 0 Å². The van der Waals surface area contributed by atoms with E-state index < -0.39 is 11.9 Å².